The molecule has 0 aliphatic carbocycles. The molecule has 1 aromatic carbocycles. The summed E-state index contributed by atoms with van der Waals surface area (Å²) in [6.07, 6.45) is 2.45. The first kappa shape index (κ1) is 20.3. The molecule has 2 heterocycles. The summed E-state index contributed by atoms with van der Waals surface area (Å²) in [4.78, 5) is 19.8. The molecular weight excluding hydrogens is 352 g/mol. The molecule has 0 bridgehead atoms. The fraction of sp³-hybridized carbons (Fsp3) is 0.478. The van der Waals surface area contributed by atoms with Crippen LogP contribution in [0, 0.1) is 12.3 Å². The number of pyridine rings is 1. The van der Waals surface area contributed by atoms with Gasteiger partial charge in [0.1, 0.15) is 5.75 Å². The van der Waals surface area contributed by atoms with E-state index >= 15 is 0 Å². The second kappa shape index (κ2) is 9.69. The summed E-state index contributed by atoms with van der Waals surface area (Å²) in [7, 11) is 0. The third-order valence-corrected chi connectivity index (χ3v) is 5.29. The zero-order valence-corrected chi connectivity index (χ0v) is 16.9. The van der Waals surface area contributed by atoms with Crippen molar-refractivity contribution in [1.82, 2.24) is 9.88 Å². The molecule has 0 N–H and O–H groups in total. The fourth-order valence-electron chi connectivity index (χ4n) is 3.92. The zero-order chi connectivity index (χ0) is 19.8. The van der Waals surface area contributed by atoms with Crippen molar-refractivity contribution >= 4 is 5.97 Å². The molecule has 150 valence electrons. The predicted octanol–water partition coefficient (Wildman–Crippen LogP) is 4.00. The quantitative estimate of drug-likeness (QED) is 0.646. The number of ether oxygens (including phenoxy) is 2. The van der Waals surface area contributed by atoms with Gasteiger partial charge in [0.05, 0.1) is 24.3 Å². The van der Waals surface area contributed by atoms with Gasteiger partial charge in [-0.15, -0.1) is 0 Å². The Morgan fingerprint density at radius 2 is 2.00 bits per heavy atom. The SMILES string of the molecule is CCOC(=O)[C@]1(CCOc2ccccc2)CCCN(Cc2cccc(C)n2)C1. The van der Waals surface area contributed by atoms with Crippen LogP contribution < -0.4 is 4.74 Å². The molecular formula is C23H30N2O3. The summed E-state index contributed by atoms with van der Waals surface area (Å²) in [6.45, 7) is 7.17. The van der Waals surface area contributed by atoms with Crippen molar-refractivity contribution in [3.8, 4) is 5.75 Å². The van der Waals surface area contributed by atoms with Crippen LogP contribution in [0.25, 0.3) is 0 Å². The largest absolute Gasteiger partial charge is 0.494 e. The van der Waals surface area contributed by atoms with E-state index in [1.165, 1.54) is 0 Å². The van der Waals surface area contributed by atoms with Crippen molar-refractivity contribution in [2.45, 2.75) is 39.7 Å². The average Bonchev–Trinajstić information content (AvgIpc) is 2.69. The van der Waals surface area contributed by atoms with Crippen molar-refractivity contribution in [2.75, 3.05) is 26.3 Å². The second-order valence-electron chi connectivity index (χ2n) is 7.50. The molecule has 0 unspecified atom stereocenters. The van der Waals surface area contributed by atoms with Crippen molar-refractivity contribution in [3.05, 3.63) is 59.9 Å². The third kappa shape index (κ3) is 5.32. The van der Waals surface area contributed by atoms with E-state index in [1.54, 1.807) is 0 Å². The number of likely N-dealkylation sites (tertiary alicyclic amines) is 1. The Morgan fingerprint density at radius 3 is 2.75 bits per heavy atom. The number of carbonyl (C=O) groups excluding carboxylic acids is 1. The molecule has 5 heteroatoms. The number of hydrogen-bond acceptors (Lipinski definition) is 5. The molecule has 1 atom stereocenters. The van der Waals surface area contributed by atoms with Gasteiger partial charge >= 0.3 is 5.97 Å². The normalized spacial score (nSPS) is 19.9. The topological polar surface area (TPSA) is 51.7 Å². The molecule has 2 aromatic rings. The summed E-state index contributed by atoms with van der Waals surface area (Å²) < 4.78 is 11.4. The van der Waals surface area contributed by atoms with E-state index in [1.807, 2.05) is 62.4 Å². The molecule has 0 radical (unpaired) electrons. The smallest absolute Gasteiger partial charge is 0.313 e. The minimum atomic E-state index is -0.521. The zero-order valence-electron chi connectivity index (χ0n) is 16.9. The first-order chi connectivity index (χ1) is 13.6. The first-order valence-electron chi connectivity index (χ1n) is 10.1. The molecule has 5 nitrogen and oxygen atoms in total. The van der Waals surface area contributed by atoms with Crippen LogP contribution in [-0.2, 0) is 16.1 Å². The molecule has 3 rings (SSSR count). The summed E-state index contributed by atoms with van der Waals surface area (Å²) in [5.74, 6) is 0.728. The van der Waals surface area contributed by atoms with Gasteiger partial charge in [-0.3, -0.25) is 14.7 Å². The lowest BCUT2D eigenvalue weighted by atomic mass is 9.77. The Labute approximate surface area is 167 Å². The van der Waals surface area contributed by atoms with Crippen LogP contribution >= 0.6 is 0 Å². The third-order valence-electron chi connectivity index (χ3n) is 5.29. The van der Waals surface area contributed by atoms with E-state index in [0.29, 0.717) is 26.2 Å². The maximum atomic E-state index is 12.9. The highest BCUT2D eigenvalue weighted by Gasteiger charge is 2.43. The van der Waals surface area contributed by atoms with Crippen LogP contribution in [0.2, 0.25) is 0 Å². The summed E-state index contributed by atoms with van der Waals surface area (Å²) in [5.41, 5.74) is 1.54. The summed E-state index contributed by atoms with van der Waals surface area (Å²) >= 11 is 0. The van der Waals surface area contributed by atoms with Crippen LogP contribution in [0.15, 0.2) is 48.5 Å². The summed E-state index contributed by atoms with van der Waals surface area (Å²) in [6, 6.07) is 15.8. The van der Waals surface area contributed by atoms with E-state index in [-0.39, 0.29) is 5.97 Å². The van der Waals surface area contributed by atoms with Crippen LogP contribution in [0.5, 0.6) is 5.75 Å². The van der Waals surface area contributed by atoms with E-state index in [4.69, 9.17) is 9.47 Å². The van der Waals surface area contributed by atoms with Gasteiger partial charge in [0.25, 0.3) is 0 Å². The maximum Gasteiger partial charge on any atom is 0.313 e. The van der Waals surface area contributed by atoms with E-state index in [0.717, 1.165) is 43.1 Å². The average molecular weight is 383 g/mol. The number of benzene rings is 1. The molecule has 28 heavy (non-hydrogen) atoms. The number of carbonyl (C=O) groups is 1. The van der Waals surface area contributed by atoms with Gasteiger partial charge < -0.3 is 9.47 Å². The van der Waals surface area contributed by atoms with E-state index in [9.17, 15) is 4.79 Å². The van der Waals surface area contributed by atoms with Crippen molar-refractivity contribution < 1.29 is 14.3 Å². The second-order valence-corrected chi connectivity index (χ2v) is 7.50. The number of hydrogen-bond donors (Lipinski definition) is 0. The highest BCUT2D eigenvalue weighted by molar-refractivity contribution is 5.77. The van der Waals surface area contributed by atoms with Gasteiger partial charge in [-0.25, -0.2) is 0 Å². The Bertz CT molecular complexity index is 765. The van der Waals surface area contributed by atoms with E-state index in [2.05, 4.69) is 9.88 Å². The number of aromatic nitrogens is 1. The number of piperidine rings is 1. The highest BCUT2D eigenvalue weighted by Crippen LogP contribution is 2.36. The molecule has 0 amide bonds. The predicted molar refractivity (Wildman–Crippen MR) is 109 cm³/mol. The van der Waals surface area contributed by atoms with Gasteiger partial charge in [-0.2, -0.15) is 0 Å². The lowest BCUT2D eigenvalue weighted by Gasteiger charge is -2.40. The Hall–Kier alpha value is -2.40. The van der Waals surface area contributed by atoms with Crippen molar-refractivity contribution in [3.63, 3.8) is 0 Å². The molecule has 1 fully saturated rings. The Balaban J connectivity index is 1.68. The number of para-hydroxylation sites is 1. The van der Waals surface area contributed by atoms with Crippen molar-refractivity contribution in [1.29, 1.82) is 0 Å². The molecule has 1 aliphatic heterocycles. The van der Waals surface area contributed by atoms with Crippen LogP contribution in [0.4, 0.5) is 0 Å². The number of nitrogens with zero attached hydrogens (tertiary/aromatic N) is 2. The maximum absolute atomic E-state index is 12.9. The molecule has 1 saturated heterocycles. The number of rotatable bonds is 8. The number of esters is 1. The van der Waals surface area contributed by atoms with Gasteiger partial charge in [-0.1, -0.05) is 24.3 Å². The first-order valence-corrected chi connectivity index (χ1v) is 10.1. The van der Waals surface area contributed by atoms with E-state index < -0.39 is 5.41 Å². The Morgan fingerprint density at radius 1 is 1.18 bits per heavy atom. The van der Waals surface area contributed by atoms with Crippen LogP contribution in [-0.4, -0.2) is 42.2 Å². The Kier molecular flexibility index (Phi) is 7.04. The lowest BCUT2D eigenvalue weighted by molar-refractivity contribution is -0.160. The van der Waals surface area contributed by atoms with Gasteiger partial charge in [0.2, 0.25) is 0 Å². The number of aryl methyl sites for hydroxylation is 1. The fourth-order valence-corrected chi connectivity index (χ4v) is 3.92. The van der Waals surface area contributed by atoms with Gasteiger partial charge in [0.15, 0.2) is 0 Å². The molecule has 0 saturated carbocycles. The minimum Gasteiger partial charge on any atom is -0.494 e. The summed E-state index contributed by atoms with van der Waals surface area (Å²) in [5, 5.41) is 0. The molecule has 1 aromatic heterocycles. The van der Waals surface area contributed by atoms with Crippen molar-refractivity contribution in [2.24, 2.45) is 5.41 Å². The molecule has 1 aliphatic rings. The van der Waals surface area contributed by atoms with Crippen LogP contribution in [0.3, 0.4) is 0 Å². The standard InChI is InChI=1S/C23H30N2O3/c1-3-27-22(26)23(14-16-28-21-11-5-4-6-12-21)13-8-15-25(18-23)17-20-10-7-9-19(2)24-20/h4-7,9-12H,3,8,13-18H2,1-2H3/t23-/m0/s1. The highest BCUT2D eigenvalue weighted by atomic mass is 16.5. The lowest BCUT2D eigenvalue weighted by Crippen LogP contribution is -2.49. The monoisotopic (exact) mass is 382 g/mol. The molecule has 0 spiro atoms. The minimum absolute atomic E-state index is 0.103. The van der Waals surface area contributed by atoms with Gasteiger partial charge in [-0.05, 0) is 63.9 Å². The van der Waals surface area contributed by atoms with Gasteiger partial charge in [0, 0.05) is 18.8 Å². The van der Waals surface area contributed by atoms with Crippen LogP contribution in [0.1, 0.15) is 37.6 Å².